The molecule has 0 spiro atoms. The van der Waals surface area contributed by atoms with E-state index in [0.29, 0.717) is 12.2 Å². The van der Waals surface area contributed by atoms with Crippen molar-refractivity contribution in [3.63, 3.8) is 0 Å². The molecule has 14 heavy (non-hydrogen) atoms. The van der Waals surface area contributed by atoms with E-state index in [2.05, 4.69) is 38.2 Å². The first kappa shape index (κ1) is 11.5. The monoisotopic (exact) mass is 307 g/mol. The van der Waals surface area contributed by atoms with E-state index in [0.717, 1.165) is 16.7 Å². The second-order valence-electron chi connectivity index (χ2n) is 2.84. The molecule has 1 heterocycles. The molecule has 0 aromatic carbocycles. The van der Waals surface area contributed by atoms with Crippen molar-refractivity contribution in [2.75, 3.05) is 19.6 Å². The lowest BCUT2D eigenvalue weighted by molar-refractivity contribution is 0.0949. The number of halogens is 1. The third-order valence-corrected chi connectivity index (χ3v) is 2.35. The van der Waals surface area contributed by atoms with E-state index in [-0.39, 0.29) is 5.91 Å². The average molecular weight is 307 g/mol. The van der Waals surface area contributed by atoms with Gasteiger partial charge in [-0.15, -0.1) is 0 Å². The molecule has 0 bridgehead atoms. The molecular formula is C9H14IN3O. The van der Waals surface area contributed by atoms with E-state index in [1.807, 2.05) is 13.0 Å². The van der Waals surface area contributed by atoms with Gasteiger partial charge < -0.3 is 15.6 Å². The van der Waals surface area contributed by atoms with Crippen LogP contribution in [0, 0.1) is 3.57 Å². The van der Waals surface area contributed by atoms with Crippen LogP contribution in [-0.4, -0.2) is 30.5 Å². The summed E-state index contributed by atoms with van der Waals surface area (Å²) >= 11 is 2.16. The van der Waals surface area contributed by atoms with E-state index in [1.165, 1.54) is 0 Å². The second kappa shape index (κ2) is 6.02. The minimum Gasteiger partial charge on any atom is -0.356 e. The van der Waals surface area contributed by atoms with Crippen molar-refractivity contribution in [2.45, 2.75) is 6.92 Å². The number of likely N-dealkylation sites (N-methyl/N-ethyl adjacent to an activating group) is 1. The summed E-state index contributed by atoms with van der Waals surface area (Å²) in [5.74, 6) is -0.0502. The summed E-state index contributed by atoms with van der Waals surface area (Å²) in [7, 11) is 0. The van der Waals surface area contributed by atoms with Gasteiger partial charge in [-0.05, 0) is 35.2 Å². The van der Waals surface area contributed by atoms with Gasteiger partial charge in [0.15, 0.2) is 0 Å². The highest BCUT2D eigenvalue weighted by Gasteiger charge is 2.05. The van der Waals surface area contributed by atoms with E-state index in [4.69, 9.17) is 0 Å². The molecule has 0 radical (unpaired) electrons. The van der Waals surface area contributed by atoms with Crippen molar-refractivity contribution in [2.24, 2.45) is 0 Å². The quantitative estimate of drug-likeness (QED) is 0.560. The number of amides is 1. The molecule has 1 rings (SSSR count). The summed E-state index contributed by atoms with van der Waals surface area (Å²) < 4.78 is 1.04. The first-order chi connectivity index (χ1) is 6.74. The number of nitrogens with one attached hydrogen (secondary N) is 3. The summed E-state index contributed by atoms with van der Waals surface area (Å²) in [5, 5.41) is 5.94. The number of H-pyrrole nitrogens is 1. The van der Waals surface area contributed by atoms with Crippen molar-refractivity contribution in [1.29, 1.82) is 0 Å². The third-order valence-electron chi connectivity index (χ3n) is 1.73. The summed E-state index contributed by atoms with van der Waals surface area (Å²) in [4.78, 5) is 14.4. The molecule has 0 aliphatic heterocycles. The molecule has 1 aromatic rings. The van der Waals surface area contributed by atoms with Gasteiger partial charge >= 0.3 is 0 Å². The smallest absolute Gasteiger partial charge is 0.267 e. The Morgan fingerprint density at radius 1 is 1.57 bits per heavy atom. The van der Waals surface area contributed by atoms with Crippen molar-refractivity contribution >= 4 is 28.5 Å². The lowest BCUT2D eigenvalue weighted by atomic mass is 10.4. The molecule has 0 unspecified atom stereocenters. The van der Waals surface area contributed by atoms with Crippen LogP contribution >= 0.6 is 22.6 Å². The highest BCUT2D eigenvalue weighted by atomic mass is 127. The number of rotatable bonds is 5. The zero-order valence-corrected chi connectivity index (χ0v) is 10.2. The van der Waals surface area contributed by atoms with Gasteiger partial charge in [-0.2, -0.15) is 0 Å². The fourth-order valence-electron chi connectivity index (χ4n) is 1.04. The zero-order valence-electron chi connectivity index (χ0n) is 8.06. The number of aromatic nitrogens is 1. The first-order valence-electron chi connectivity index (χ1n) is 4.57. The van der Waals surface area contributed by atoms with Crippen LogP contribution in [0.1, 0.15) is 17.4 Å². The van der Waals surface area contributed by atoms with Crippen molar-refractivity contribution < 1.29 is 4.79 Å². The van der Waals surface area contributed by atoms with Crippen LogP contribution in [0.5, 0.6) is 0 Å². The summed E-state index contributed by atoms with van der Waals surface area (Å²) in [5.41, 5.74) is 0.617. The lowest BCUT2D eigenvalue weighted by Gasteiger charge is -2.03. The highest BCUT2D eigenvalue weighted by molar-refractivity contribution is 14.1. The SMILES string of the molecule is CCNCCNC(=O)c1cc(I)c[nH]1. The normalized spacial score (nSPS) is 10.1. The topological polar surface area (TPSA) is 56.9 Å². The van der Waals surface area contributed by atoms with Gasteiger partial charge in [-0.1, -0.05) is 6.92 Å². The maximum absolute atomic E-state index is 11.4. The molecule has 3 N–H and O–H groups in total. The van der Waals surface area contributed by atoms with Crippen LogP contribution in [0.3, 0.4) is 0 Å². The van der Waals surface area contributed by atoms with Gasteiger partial charge in [-0.3, -0.25) is 4.79 Å². The Hall–Kier alpha value is -0.560. The number of carbonyl (C=O) groups excluding carboxylic acids is 1. The molecule has 0 fully saturated rings. The Morgan fingerprint density at radius 3 is 2.93 bits per heavy atom. The van der Waals surface area contributed by atoms with Crippen LogP contribution in [-0.2, 0) is 0 Å². The summed E-state index contributed by atoms with van der Waals surface area (Å²) in [6.45, 7) is 4.42. The molecule has 5 heteroatoms. The second-order valence-corrected chi connectivity index (χ2v) is 4.09. The van der Waals surface area contributed by atoms with Gasteiger partial charge in [0.05, 0.1) is 0 Å². The van der Waals surface area contributed by atoms with Gasteiger partial charge in [0.25, 0.3) is 5.91 Å². The predicted octanol–water partition coefficient (Wildman–Crippen LogP) is 0.959. The van der Waals surface area contributed by atoms with Gasteiger partial charge in [0.2, 0.25) is 0 Å². The number of carbonyl (C=O) groups is 1. The van der Waals surface area contributed by atoms with Crippen molar-refractivity contribution in [3.05, 3.63) is 21.5 Å². The molecule has 1 amide bonds. The molecule has 1 aromatic heterocycles. The zero-order chi connectivity index (χ0) is 10.4. The Morgan fingerprint density at radius 2 is 2.36 bits per heavy atom. The van der Waals surface area contributed by atoms with Gasteiger partial charge in [0.1, 0.15) is 5.69 Å². The van der Waals surface area contributed by atoms with Gasteiger partial charge in [0, 0.05) is 22.9 Å². The van der Waals surface area contributed by atoms with Crippen LogP contribution in [0.15, 0.2) is 12.3 Å². The molecule has 4 nitrogen and oxygen atoms in total. The fraction of sp³-hybridized carbons (Fsp3) is 0.444. The van der Waals surface area contributed by atoms with Gasteiger partial charge in [-0.25, -0.2) is 0 Å². The van der Waals surface area contributed by atoms with E-state index >= 15 is 0 Å². The molecule has 0 aliphatic carbocycles. The molecule has 0 saturated carbocycles. The summed E-state index contributed by atoms with van der Waals surface area (Å²) in [6.07, 6.45) is 1.81. The van der Waals surface area contributed by atoms with Crippen LogP contribution in [0.4, 0.5) is 0 Å². The molecule has 78 valence electrons. The summed E-state index contributed by atoms with van der Waals surface area (Å²) in [6, 6.07) is 1.82. The van der Waals surface area contributed by atoms with E-state index < -0.39 is 0 Å². The fourth-order valence-corrected chi connectivity index (χ4v) is 1.50. The van der Waals surface area contributed by atoms with E-state index in [9.17, 15) is 4.79 Å². The molecule has 0 aliphatic rings. The molecule has 0 saturated heterocycles. The minimum atomic E-state index is -0.0502. The number of hydrogen-bond donors (Lipinski definition) is 3. The van der Waals surface area contributed by atoms with Crippen LogP contribution in [0.2, 0.25) is 0 Å². The van der Waals surface area contributed by atoms with E-state index in [1.54, 1.807) is 6.20 Å². The maximum Gasteiger partial charge on any atom is 0.267 e. The highest BCUT2D eigenvalue weighted by Crippen LogP contribution is 2.05. The first-order valence-corrected chi connectivity index (χ1v) is 5.64. The minimum absolute atomic E-state index is 0.0502. The lowest BCUT2D eigenvalue weighted by Crippen LogP contribution is -2.31. The largest absolute Gasteiger partial charge is 0.356 e. The third kappa shape index (κ3) is 3.67. The standard InChI is InChI=1S/C9H14IN3O/c1-2-11-3-4-12-9(14)8-5-7(10)6-13-8/h5-6,11,13H,2-4H2,1H3,(H,12,14). The average Bonchev–Trinajstić information content (AvgIpc) is 2.59. The predicted molar refractivity (Wildman–Crippen MR) is 64.4 cm³/mol. The van der Waals surface area contributed by atoms with Crippen molar-refractivity contribution in [1.82, 2.24) is 15.6 Å². The maximum atomic E-state index is 11.4. The molecule has 0 atom stereocenters. The van der Waals surface area contributed by atoms with Crippen molar-refractivity contribution in [3.8, 4) is 0 Å². The van der Waals surface area contributed by atoms with Crippen LogP contribution in [0.25, 0.3) is 0 Å². The Kier molecular flexibility index (Phi) is 4.95. The number of hydrogen-bond acceptors (Lipinski definition) is 2. The Bertz CT molecular complexity index is 298. The van der Waals surface area contributed by atoms with Crippen LogP contribution < -0.4 is 10.6 Å². The number of aromatic amines is 1. The Labute approximate surface area is 97.0 Å². The molecular weight excluding hydrogens is 293 g/mol. The Balaban J connectivity index is 2.29.